The lowest BCUT2D eigenvalue weighted by Gasteiger charge is -2.03. The van der Waals surface area contributed by atoms with Crippen molar-refractivity contribution < 1.29 is 0 Å². The van der Waals surface area contributed by atoms with Crippen molar-refractivity contribution in [2.75, 3.05) is 0 Å². The first-order chi connectivity index (χ1) is 8.16. The average molecular weight is 247 g/mol. The quantitative estimate of drug-likeness (QED) is 0.486. The largest absolute Gasteiger partial charge is 0.382 e. The fraction of sp³-hybridized carbons (Fsp3) is 0.182. The second kappa shape index (κ2) is 5.01. The molecule has 0 amide bonds. The van der Waals surface area contributed by atoms with Gasteiger partial charge in [0.15, 0.2) is 5.16 Å². The molecular weight excluding hydrogens is 234 g/mol. The van der Waals surface area contributed by atoms with Gasteiger partial charge in [0.1, 0.15) is 11.5 Å². The van der Waals surface area contributed by atoms with Gasteiger partial charge >= 0.3 is 0 Å². The Hall–Kier alpha value is -1.82. The molecule has 0 saturated heterocycles. The molecule has 0 aromatic carbocycles. The molecule has 0 aliphatic heterocycles. The zero-order chi connectivity index (χ0) is 12.3. The highest BCUT2D eigenvalue weighted by Gasteiger charge is 2.03. The monoisotopic (exact) mass is 247 g/mol. The Labute approximate surface area is 104 Å². The van der Waals surface area contributed by atoms with E-state index in [1.807, 2.05) is 29.9 Å². The number of nitrogens with two attached hydrogens (primary N) is 1. The van der Waals surface area contributed by atoms with Gasteiger partial charge in [-0.25, -0.2) is 4.98 Å². The zero-order valence-electron chi connectivity index (χ0n) is 9.42. The van der Waals surface area contributed by atoms with Crippen molar-refractivity contribution in [1.82, 2.24) is 14.5 Å². The van der Waals surface area contributed by atoms with E-state index in [2.05, 4.69) is 9.97 Å². The third-order valence-corrected chi connectivity index (χ3v) is 3.37. The molecule has 17 heavy (non-hydrogen) atoms. The van der Waals surface area contributed by atoms with Gasteiger partial charge < -0.3 is 10.3 Å². The van der Waals surface area contributed by atoms with Gasteiger partial charge in [-0.1, -0.05) is 11.8 Å². The van der Waals surface area contributed by atoms with Crippen LogP contribution in [0.5, 0.6) is 0 Å². The predicted octanol–water partition coefficient (Wildman–Crippen LogP) is 1.39. The number of nitrogens with zero attached hydrogens (tertiary/aromatic N) is 3. The normalized spacial score (nSPS) is 10.4. The highest BCUT2D eigenvalue weighted by molar-refractivity contribution is 7.98. The van der Waals surface area contributed by atoms with E-state index in [9.17, 15) is 0 Å². The molecule has 0 spiro atoms. The summed E-state index contributed by atoms with van der Waals surface area (Å²) in [5.41, 5.74) is 6.99. The van der Waals surface area contributed by atoms with Crippen LogP contribution in [0.15, 0.2) is 35.9 Å². The highest BCUT2D eigenvalue weighted by Crippen LogP contribution is 2.20. The van der Waals surface area contributed by atoms with Crippen LogP contribution in [0.3, 0.4) is 0 Å². The number of aromatic nitrogens is 3. The molecule has 0 fully saturated rings. The Morgan fingerprint density at radius 2 is 2.29 bits per heavy atom. The summed E-state index contributed by atoms with van der Waals surface area (Å²) in [6, 6.07) is 3.75. The summed E-state index contributed by atoms with van der Waals surface area (Å²) in [4.78, 5) is 8.25. The summed E-state index contributed by atoms with van der Waals surface area (Å²) in [7, 11) is 1.96. The summed E-state index contributed by atoms with van der Waals surface area (Å²) < 4.78 is 1.97. The van der Waals surface area contributed by atoms with E-state index in [1.54, 1.807) is 24.2 Å². The van der Waals surface area contributed by atoms with E-state index in [4.69, 9.17) is 11.1 Å². The van der Waals surface area contributed by atoms with Crippen LogP contribution in [-0.2, 0) is 12.8 Å². The number of amidine groups is 1. The molecule has 0 bridgehead atoms. The standard InChI is InChI=1S/C11H13N5S/c1-16-5-4-15-11(16)17-7-8-2-3-14-9(6-8)10(12)13/h2-6H,7H2,1H3,(H3,12,13). The van der Waals surface area contributed by atoms with Crippen LogP contribution in [0.2, 0.25) is 0 Å². The molecule has 2 aromatic heterocycles. The maximum atomic E-state index is 7.33. The van der Waals surface area contributed by atoms with E-state index in [-0.39, 0.29) is 5.84 Å². The number of hydrogen-bond donors (Lipinski definition) is 2. The highest BCUT2D eigenvalue weighted by atomic mass is 32.2. The summed E-state index contributed by atoms with van der Waals surface area (Å²) >= 11 is 1.64. The van der Waals surface area contributed by atoms with Gasteiger partial charge in [0, 0.05) is 31.4 Å². The molecule has 0 aliphatic carbocycles. The van der Waals surface area contributed by atoms with Crippen LogP contribution >= 0.6 is 11.8 Å². The lowest BCUT2D eigenvalue weighted by Crippen LogP contribution is -2.13. The van der Waals surface area contributed by atoms with E-state index in [0.717, 1.165) is 16.5 Å². The molecule has 6 heteroatoms. The molecule has 3 N–H and O–H groups in total. The maximum absolute atomic E-state index is 7.33. The molecule has 0 aliphatic rings. The minimum Gasteiger partial charge on any atom is -0.382 e. The van der Waals surface area contributed by atoms with Crippen molar-refractivity contribution in [3.05, 3.63) is 42.0 Å². The summed E-state index contributed by atoms with van der Waals surface area (Å²) in [5, 5.41) is 8.29. The number of rotatable bonds is 4. The average Bonchev–Trinajstić information content (AvgIpc) is 2.72. The van der Waals surface area contributed by atoms with Crippen LogP contribution in [-0.4, -0.2) is 20.4 Å². The van der Waals surface area contributed by atoms with Crippen LogP contribution in [0.25, 0.3) is 0 Å². The van der Waals surface area contributed by atoms with Gasteiger partial charge in [-0.05, 0) is 17.7 Å². The number of nitrogen functional groups attached to an aromatic ring is 1. The van der Waals surface area contributed by atoms with E-state index < -0.39 is 0 Å². The lowest BCUT2D eigenvalue weighted by molar-refractivity contribution is 0.790. The molecule has 0 atom stereocenters. The first-order valence-corrected chi connectivity index (χ1v) is 6.05. The predicted molar refractivity (Wildman–Crippen MR) is 68.0 cm³/mol. The topological polar surface area (TPSA) is 80.6 Å². The number of pyridine rings is 1. The Balaban J connectivity index is 2.07. The molecule has 88 valence electrons. The summed E-state index contributed by atoms with van der Waals surface area (Å²) in [6.45, 7) is 0. The van der Waals surface area contributed by atoms with Gasteiger partial charge in [0.25, 0.3) is 0 Å². The maximum Gasteiger partial charge on any atom is 0.167 e. The molecule has 2 rings (SSSR count). The van der Waals surface area contributed by atoms with Crippen LogP contribution < -0.4 is 5.73 Å². The molecule has 0 saturated carbocycles. The van der Waals surface area contributed by atoms with Crippen LogP contribution in [0, 0.1) is 5.41 Å². The molecule has 0 radical (unpaired) electrons. The van der Waals surface area contributed by atoms with Crippen LogP contribution in [0.1, 0.15) is 11.3 Å². The van der Waals surface area contributed by atoms with Crippen molar-refractivity contribution >= 4 is 17.6 Å². The van der Waals surface area contributed by atoms with E-state index in [1.165, 1.54) is 0 Å². The Morgan fingerprint density at radius 1 is 1.47 bits per heavy atom. The Kier molecular flexibility index (Phi) is 3.43. The van der Waals surface area contributed by atoms with E-state index in [0.29, 0.717) is 5.69 Å². The van der Waals surface area contributed by atoms with E-state index >= 15 is 0 Å². The molecule has 5 nitrogen and oxygen atoms in total. The van der Waals surface area contributed by atoms with Crippen molar-refractivity contribution in [2.24, 2.45) is 12.8 Å². The third kappa shape index (κ3) is 2.85. The van der Waals surface area contributed by atoms with Gasteiger partial charge in [-0.15, -0.1) is 0 Å². The van der Waals surface area contributed by atoms with Gasteiger partial charge in [0.2, 0.25) is 0 Å². The number of aryl methyl sites for hydroxylation is 1. The number of hydrogen-bond acceptors (Lipinski definition) is 4. The molecular formula is C11H13N5S. The van der Waals surface area contributed by atoms with Gasteiger partial charge in [-0.2, -0.15) is 0 Å². The lowest BCUT2D eigenvalue weighted by atomic mass is 10.2. The first-order valence-electron chi connectivity index (χ1n) is 5.06. The fourth-order valence-corrected chi connectivity index (χ4v) is 2.23. The second-order valence-electron chi connectivity index (χ2n) is 3.57. The van der Waals surface area contributed by atoms with Gasteiger partial charge in [0.05, 0.1) is 0 Å². The zero-order valence-corrected chi connectivity index (χ0v) is 10.2. The Morgan fingerprint density at radius 3 is 2.94 bits per heavy atom. The smallest absolute Gasteiger partial charge is 0.167 e. The summed E-state index contributed by atoms with van der Waals surface area (Å²) in [5.74, 6) is 0.780. The van der Waals surface area contributed by atoms with Crippen LogP contribution in [0.4, 0.5) is 0 Å². The third-order valence-electron chi connectivity index (χ3n) is 2.25. The molecule has 0 unspecified atom stereocenters. The molecule has 2 aromatic rings. The fourth-order valence-electron chi connectivity index (χ4n) is 1.35. The Bertz CT molecular complexity index is 534. The number of thioether (sulfide) groups is 1. The number of nitrogens with one attached hydrogen (secondary N) is 1. The van der Waals surface area contributed by atoms with Gasteiger partial charge in [-0.3, -0.25) is 10.4 Å². The van der Waals surface area contributed by atoms with Crippen molar-refractivity contribution in [1.29, 1.82) is 5.41 Å². The van der Waals surface area contributed by atoms with Crippen molar-refractivity contribution in [2.45, 2.75) is 10.9 Å². The minimum absolute atomic E-state index is 0.00570. The van der Waals surface area contributed by atoms with Crippen molar-refractivity contribution in [3.63, 3.8) is 0 Å². The minimum atomic E-state index is -0.00570. The van der Waals surface area contributed by atoms with Crippen molar-refractivity contribution in [3.8, 4) is 0 Å². The summed E-state index contributed by atoms with van der Waals surface area (Å²) in [6.07, 6.45) is 5.36. The first kappa shape index (κ1) is 11.7. The number of imidazole rings is 1. The second-order valence-corrected chi connectivity index (χ2v) is 4.51. The molecule has 2 heterocycles. The SMILES string of the molecule is Cn1ccnc1SCc1ccnc(C(=N)N)c1.